The van der Waals surface area contributed by atoms with Crippen molar-refractivity contribution in [3.63, 3.8) is 0 Å². The summed E-state index contributed by atoms with van der Waals surface area (Å²) in [5.41, 5.74) is 6.50. The number of nitrogens with one attached hydrogen (secondary N) is 1. The van der Waals surface area contributed by atoms with Crippen LogP contribution in [0.2, 0.25) is 0 Å². The summed E-state index contributed by atoms with van der Waals surface area (Å²) in [4.78, 5) is 32.8. The van der Waals surface area contributed by atoms with Crippen LogP contribution in [0.15, 0.2) is 30.7 Å². The van der Waals surface area contributed by atoms with Gasteiger partial charge in [0.25, 0.3) is 0 Å². The van der Waals surface area contributed by atoms with Crippen molar-refractivity contribution in [2.45, 2.75) is 44.4 Å². The number of carbonyl (C=O) groups is 1. The summed E-state index contributed by atoms with van der Waals surface area (Å²) in [5.74, 6) is 2.84. The average molecular weight is 609 g/mol. The van der Waals surface area contributed by atoms with Gasteiger partial charge in [-0.15, -0.1) is 11.3 Å². The number of ether oxygens (including phenoxy) is 3. The predicted octanol–water partition coefficient (Wildman–Crippen LogP) is 3.06. The maximum atomic E-state index is 12.2. The number of amides is 1. The maximum absolute atomic E-state index is 12.2. The van der Waals surface area contributed by atoms with E-state index in [1.807, 2.05) is 27.8 Å². The average Bonchev–Trinajstić information content (AvgIpc) is 3.77. The number of likely N-dealkylation sites (tertiary alicyclic amines) is 1. The minimum absolute atomic E-state index is 0.221. The molecule has 0 saturated carbocycles. The summed E-state index contributed by atoms with van der Waals surface area (Å²) in [5, 5.41) is 14.2. The first-order chi connectivity index (χ1) is 20.9. The van der Waals surface area contributed by atoms with Crippen LogP contribution >= 0.6 is 11.3 Å². The molecule has 1 aromatic carbocycles. The van der Waals surface area contributed by atoms with E-state index in [4.69, 9.17) is 29.9 Å². The number of hydrogen-bond donors (Lipinski definition) is 3. The highest BCUT2D eigenvalue weighted by Gasteiger charge is 2.32. The van der Waals surface area contributed by atoms with E-state index in [1.165, 1.54) is 0 Å². The van der Waals surface area contributed by atoms with E-state index in [9.17, 15) is 9.90 Å². The number of hydrogen-bond acceptors (Lipinski definition) is 12. The first kappa shape index (κ1) is 29.0. The Morgan fingerprint density at radius 1 is 1.07 bits per heavy atom. The van der Waals surface area contributed by atoms with Crippen LogP contribution in [0.3, 0.4) is 0 Å². The molecule has 43 heavy (non-hydrogen) atoms. The highest BCUT2D eigenvalue weighted by atomic mass is 32.1. The number of piperidine rings is 1. The van der Waals surface area contributed by atoms with Crippen LogP contribution in [0.4, 0.5) is 17.6 Å². The zero-order valence-electron chi connectivity index (χ0n) is 24.4. The van der Waals surface area contributed by atoms with Crippen LogP contribution in [-0.4, -0.2) is 88.5 Å². The summed E-state index contributed by atoms with van der Waals surface area (Å²) >= 11 is 1.61. The number of thiophene rings is 1. The summed E-state index contributed by atoms with van der Waals surface area (Å²) in [6.45, 7) is 3.13. The van der Waals surface area contributed by atoms with Gasteiger partial charge in [-0.2, -0.15) is 4.98 Å². The lowest BCUT2D eigenvalue weighted by molar-refractivity contribution is -0.119. The number of imidazole rings is 1. The summed E-state index contributed by atoms with van der Waals surface area (Å²) in [7, 11) is 4.72. The first-order valence-electron chi connectivity index (χ1n) is 14.2. The molecular weight excluding hydrogens is 572 g/mol. The lowest BCUT2D eigenvalue weighted by Gasteiger charge is -2.28. The molecule has 1 unspecified atom stereocenters. The Morgan fingerprint density at radius 3 is 2.49 bits per heavy atom. The van der Waals surface area contributed by atoms with E-state index in [0.717, 1.165) is 59.7 Å². The topological polar surface area (TPSA) is 153 Å². The second-order valence-electron chi connectivity index (χ2n) is 10.7. The molecule has 0 spiro atoms. The number of benzene rings is 1. The second-order valence-corrected chi connectivity index (χ2v) is 11.9. The number of aromatic nitrogens is 4. The number of aliphatic hydroxyl groups is 1. The van der Waals surface area contributed by atoms with Crippen molar-refractivity contribution < 1.29 is 24.1 Å². The smallest absolute Gasteiger partial charge is 0.240 e. The van der Waals surface area contributed by atoms with Gasteiger partial charge in [-0.3, -0.25) is 9.69 Å². The molecule has 3 aromatic heterocycles. The van der Waals surface area contributed by atoms with E-state index in [-0.39, 0.29) is 12.0 Å². The largest absolute Gasteiger partial charge is 0.493 e. The van der Waals surface area contributed by atoms with Crippen LogP contribution in [0, 0.1) is 0 Å². The van der Waals surface area contributed by atoms with E-state index >= 15 is 0 Å². The summed E-state index contributed by atoms with van der Waals surface area (Å²) in [6, 6.07) is 5.36. The van der Waals surface area contributed by atoms with Gasteiger partial charge in [0, 0.05) is 43.2 Å². The van der Waals surface area contributed by atoms with Gasteiger partial charge in [-0.05, 0) is 31.7 Å². The van der Waals surface area contributed by atoms with Gasteiger partial charge in [0.2, 0.25) is 17.6 Å². The van der Waals surface area contributed by atoms with Gasteiger partial charge in [0.15, 0.2) is 11.5 Å². The number of carbonyl (C=O) groups excluding carboxylic acids is 1. The molecule has 4 aromatic rings. The molecule has 2 saturated heterocycles. The van der Waals surface area contributed by atoms with Gasteiger partial charge >= 0.3 is 0 Å². The fourth-order valence-corrected chi connectivity index (χ4v) is 6.79. The number of aliphatic hydroxyl groups excluding tert-OH is 1. The zero-order chi connectivity index (χ0) is 30.1. The Kier molecular flexibility index (Phi) is 8.23. The number of anilines is 3. The van der Waals surface area contributed by atoms with Gasteiger partial charge in [-0.25, -0.2) is 9.97 Å². The molecule has 6 rings (SSSR count). The number of primary amides is 1. The molecule has 2 fully saturated rings. The highest BCUT2D eigenvalue weighted by Crippen LogP contribution is 2.40. The van der Waals surface area contributed by atoms with Crippen molar-refractivity contribution in [3.05, 3.63) is 35.6 Å². The number of nitrogens with zero attached hydrogens (tertiary/aromatic N) is 6. The number of rotatable bonds is 10. The third-order valence-electron chi connectivity index (χ3n) is 7.98. The molecular formula is C29H36N8O5S. The monoisotopic (exact) mass is 608 g/mol. The maximum Gasteiger partial charge on any atom is 0.240 e. The summed E-state index contributed by atoms with van der Waals surface area (Å²) < 4.78 is 18.3. The Labute approximate surface area is 253 Å². The standard InChI is InChI=1S/C29H36N8O5S/c1-40-22-11-17(12-23(41-2)25(22)42-3)36-15-24(31-16-36)32-27-20-13-19(14-35-9-6-18(38)7-10-35)43-28(20)34-29(33-27)37-8-4-5-21(37)26(30)39/h11-13,15-16,18,21,38H,4-10,14H2,1-3H3,(H2,30,39)(H,32,33,34). The van der Waals surface area contributed by atoms with Crippen LogP contribution in [0.1, 0.15) is 30.6 Å². The normalized spacial score (nSPS) is 17.9. The molecule has 4 N–H and O–H groups in total. The van der Waals surface area contributed by atoms with E-state index in [0.29, 0.717) is 47.8 Å². The number of nitrogens with two attached hydrogens (primary N) is 1. The lowest BCUT2D eigenvalue weighted by atomic mass is 10.1. The molecule has 0 aliphatic carbocycles. The number of methoxy groups -OCH3 is 3. The van der Waals surface area contributed by atoms with Crippen LogP contribution in [-0.2, 0) is 11.3 Å². The quantitative estimate of drug-likeness (QED) is 0.243. The molecule has 2 aliphatic rings. The van der Waals surface area contributed by atoms with Crippen LogP contribution in [0.25, 0.3) is 15.9 Å². The molecule has 1 atom stereocenters. The molecule has 5 heterocycles. The Bertz CT molecular complexity index is 1590. The van der Waals surface area contributed by atoms with Crippen molar-refractivity contribution in [2.24, 2.45) is 5.73 Å². The second kappa shape index (κ2) is 12.2. The zero-order valence-corrected chi connectivity index (χ0v) is 25.3. The molecule has 0 bridgehead atoms. The Balaban J connectivity index is 1.34. The fourth-order valence-electron chi connectivity index (χ4n) is 5.73. The molecule has 228 valence electrons. The molecule has 2 aliphatic heterocycles. The first-order valence-corrected chi connectivity index (χ1v) is 15.1. The molecule has 14 heteroatoms. The van der Waals surface area contributed by atoms with Crippen molar-refractivity contribution in [2.75, 3.05) is 51.2 Å². The molecule has 0 radical (unpaired) electrons. The van der Waals surface area contributed by atoms with Gasteiger partial charge in [-0.1, -0.05) is 0 Å². The van der Waals surface area contributed by atoms with E-state index in [2.05, 4.69) is 21.3 Å². The molecule has 13 nitrogen and oxygen atoms in total. The number of fused-ring (bicyclic) bond motifs is 1. The van der Waals surface area contributed by atoms with Crippen molar-refractivity contribution >= 4 is 45.0 Å². The highest BCUT2D eigenvalue weighted by molar-refractivity contribution is 7.18. The third kappa shape index (κ3) is 5.90. The Morgan fingerprint density at radius 2 is 1.81 bits per heavy atom. The minimum Gasteiger partial charge on any atom is -0.493 e. The van der Waals surface area contributed by atoms with Gasteiger partial charge < -0.3 is 39.8 Å². The third-order valence-corrected chi connectivity index (χ3v) is 9.00. The van der Waals surface area contributed by atoms with E-state index < -0.39 is 6.04 Å². The van der Waals surface area contributed by atoms with E-state index in [1.54, 1.807) is 39.0 Å². The minimum atomic E-state index is -0.441. The Hall–Kier alpha value is -4.14. The molecule has 1 amide bonds. The summed E-state index contributed by atoms with van der Waals surface area (Å²) in [6.07, 6.45) is 6.39. The van der Waals surface area contributed by atoms with Crippen LogP contribution < -0.4 is 30.2 Å². The lowest BCUT2D eigenvalue weighted by Crippen LogP contribution is -2.41. The van der Waals surface area contributed by atoms with Crippen molar-refractivity contribution in [3.8, 4) is 22.9 Å². The van der Waals surface area contributed by atoms with Gasteiger partial charge in [0.05, 0.1) is 44.7 Å². The predicted molar refractivity (Wildman–Crippen MR) is 164 cm³/mol. The van der Waals surface area contributed by atoms with Crippen molar-refractivity contribution in [1.29, 1.82) is 0 Å². The fraction of sp³-hybridized carbons (Fsp3) is 0.448. The van der Waals surface area contributed by atoms with Gasteiger partial charge in [0.1, 0.15) is 28.8 Å². The van der Waals surface area contributed by atoms with Crippen molar-refractivity contribution in [1.82, 2.24) is 24.4 Å². The van der Waals surface area contributed by atoms with Crippen LogP contribution in [0.5, 0.6) is 17.2 Å². The SMILES string of the molecule is COc1cc(-n2cnc(Nc3nc(N4CCCC4C(N)=O)nc4sc(CN5CCC(O)CC5)cc34)c2)cc(OC)c1OC.